The van der Waals surface area contributed by atoms with Crippen molar-refractivity contribution in [3.05, 3.63) is 23.8 Å². The van der Waals surface area contributed by atoms with Crippen LogP contribution in [-0.2, 0) is 4.74 Å². The van der Waals surface area contributed by atoms with E-state index in [0.29, 0.717) is 17.7 Å². The van der Waals surface area contributed by atoms with Crippen molar-refractivity contribution in [3.8, 4) is 5.75 Å². The number of hydrogen-bond acceptors (Lipinski definition) is 5. The number of anilines is 1. The molecule has 1 heterocycles. The van der Waals surface area contributed by atoms with E-state index in [0.717, 1.165) is 5.69 Å². The van der Waals surface area contributed by atoms with E-state index < -0.39 is 0 Å². The molecule has 18 heavy (non-hydrogen) atoms. The minimum absolute atomic E-state index is 0.0634. The molecule has 2 N–H and O–H groups in total. The summed E-state index contributed by atoms with van der Waals surface area (Å²) in [4.78, 5) is 11.4. The summed E-state index contributed by atoms with van der Waals surface area (Å²) in [7, 11) is 1.35. The average Bonchev–Trinajstić information content (AvgIpc) is 2.38. The van der Waals surface area contributed by atoms with Crippen molar-refractivity contribution >= 4 is 11.7 Å². The van der Waals surface area contributed by atoms with Crippen LogP contribution in [0, 0.1) is 0 Å². The Morgan fingerprint density at radius 3 is 3.00 bits per heavy atom. The fourth-order valence-electron chi connectivity index (χ4n) is 2.03. The van der Waals surface area contributed by atoms with E-state index in [1.807, 2.05) is 6.92 Å². The zero-order valence-corrected chi connectivity index (χ0v) is 10.5. The van der Waals surface area contributed by atoms with Gasteiger partial charge in [0, 0.05) is 13.0 Å². The van der Waals surface area contributed by atoms with Gasteiger partial charge in [0.2, 0.25) is 0 Å². The van der Waals surface area contributed by atoms with E-state index in [1.165, 1.54) is 7.11 Å². The first-order valence-corrected chi connectivity index (χ1v) is 5.92. The van der Waals surface area contributed by atoms with Gasteiger partial charge in [0.25, 0.3) is 0 Å². The van der Waals surface area contributed by atoms with Crippen LogP contribution >= 0.6 is 0 Å². The summed E-state index contributed by atoms with van der Waals surface area (Å²) in [5.41, 5.74) is 1.26. The molecule has 2 atom stereocenters. The summed E-state index contributed by atoms with van der Waals surface area (Å²) in [5.74, 6) is 0.323. The Bertz CT molecular complexity index is 447. The van der Waals surface area contributed by atoms with E-state index in [-0.39, 0.29) is 24.7 Å². The molecule has 0 aliphatic carbocycles. The molecule has 0 spiro atoms. The monoisotopic (exact) mass is 251 g/mol. The van der Waals surface area contributed by atoms with E-state index >= 15 is 0 Å². The van der Waals surface area contributed by atoms with Gasteiger partial charge >= 0.3 is 5.97 Å². The maximum absolute atomic E-state index is 11.4. The maximum atomic E-state index is 11.4. The Morgan fingerprint density at radius 2 is 2.33 bits per heavy atom. The minimum Gasteiger partial charge on any atom is -0.486 e. The first-order valence-electron chi connectivity index (χ1n) is 5.92. The van der Waals surface area contributed by atoms with Crippen LogP contribution < -0.4 is 10.1 Å². The fourth-order valence-corrected chi connectivity index (χ4v) is 2.03. The normalized spacial score (nSPS) is 21.5. The number of nitrogens with one attached hydrogen (secondary N) is 1. The SMILES string of the molecule is COC(=O)c1ccc2c(c1)NC(C)C(CCO)O2. The average molecular weight is 251 g/mol. The molecule has 0 radical (unpaired) electrons. The summed E-state index contributed by atoms with van der Waals surface area (Å²) in [5, 5.41) is 12.2. The maximum Gasteiger partial charge on any atom is 0.337 e. The fraction of sp³-hybridized carbons (Fsp3) is 0.462. The van der Waals surface area contributed by atoms with Gasteiger partial charge in [0.05, 0.1) is 24.4 Å². The quantitative estimate of drug-likeness (QED) is 0.795. The van der Waals surface area contributed by atoms with Crippen molar-refractivity contribution in [2.75, 3.05) is 19.0 Å². The molecule has 0 amide bonds. The van der Waals surface area contributed by atoms with Gasteiger partial charge in [-0.05, 0) is 25.1 Å². The predicted molar refractivity (Wildman–Crippen MR) is 67.0 cm³/mol. The highest BCUT2D eigenvalue weighted by Crippen LogP contribution is 2.33. The second kappa shape index (κ2) is 5.27. The minimum atomic E-state index is -0.371. The highest BCUT2D eigenvalue weighted by atomic mass is 16.5. The molecule has 5 heteroatoms. The first-order chi connectivity index (χ1) is 8.65. The number of esters is 1. The molecule has 1 aromatic rings. The van der Waals surface area contributed by atoms with Crippen molar-refractivity contribution in [1.82, 2.24) is 0 Å². The molecule has 0 fully saturated rings. The number of hydrogen-bond donors (Lipinski definition) is 2. The van der Waals surface area contributed by atoms with Crippen molar-refractivity contribution in [2.45, 2.75) is 25.5 Å². The molecular formula is C13H17NO4. The summed E-state index contributed by atoms with van der Waals surface area (Å²) in [6.07, 6.45) is 0.512. The van der Waals surface area contributed by atoms with Crippen LogP contribution in [0.2, 0.25) is 0 Å². The first kappa shape index (κ1) is 12.7. The molecule has 1 aromatic carbocycles. The smallest absolute Gasteiger partial charge is 0.337 e. The Kier molecular flexibility index (Phi) is 3.72. The second-order valence-electron chi connectivity index (χ2n) is 4.30. The van der Waals surface area contributed by atoms with Crippen LogP contribution in [0.5, 0.6) is 5.75 Å². The molecule has 5 nitrogen and oxygen atoms in total. The standard InChI is InChI=1S/C13H17NO4/c1-8-11(5-6-15)18-12-4-3-9(13(16)17-2)7-10(12)14-8/h3-4,7-8,11,14-15H,5-6H2,1-2H3. The molecule has 2 unspecified atom stereocenters. The number of ether oxygens (including phenoxy) is 2. The number of aliphatic hydroxyl groups is 1. The van der Waals surface area contributed by atoms with E-state index in [4.69, 9.17) is 9.84 Å². The Labute approximate surface area is 106 Å². The van der Waals surface area contributed by atoms with Crippen LogP contribution in [-0.4, -0.2) is 36.9 Å². The van der Waals surface area contributed by atoms with E-state index in [9.17, 15) is 4.79 Å². The molecule has 2 rings (SSSR count). The number of rotatable bonds is 3. The third kappa shape index (κ3) is 2.41. The van der Waals surface area contributed by atoms with Gasteiger partial charge in [-0.25, -0.2) is 4.79 Å². The number of carbonyl (C=O) groups excluding carboxylic acids is 1. The van der Waals surface area contributed by atoms with Crippen molar-refractivity contribution in [3.63, 3.8) is 0 Å². The molecule has 98 valence electrons. The highest BCUT2D eigenvalue weighted by molar-refractivity contribution is 5.91. The predicted octanol–water partition coefficient (Wildman–Crippen LogP) is 1.42. The second-order valence-corrected chi connectivity index (χ2v) is 4.30. The number of methoxy groups -OCH3 is 1. The summed E-state index contributed by atoms with van der Waals surface area (Å²) >= 11 is 0. The third-order valence-electron chi connectivity index (χ3n) is 3.03. The van der Waals surface area contributed by atoms with Gasteiger partial charge in [-0.2, -0.15) is 0 Å². The third-order valence-corrected chi connectivity index (χ3v) is 3.03. The molecule has 0 bridgehead atoms. The van der Waals surface area contributed by atoms with Crippen LogP contribution in [0.1, 0.15) is 23.7 Å². The van der Waals surface area contributed by atoms with Gasteiger partial charge in [-0.15, -0.1) is 0 Å². The lowest BCUT2D eigenvalue weighted by Crippen LogP contribution is -2.39. The topological polar surface area (TPSA) is 67.8 Å². The van der Waals surface area contributed by atoms with E-state index in [1.54, 1.807) is 18.2 Å². The molecule has 1 aliphatic heterocycles. The van der Waals surface area contributed by atoms with Crippen molar-refractivity contribution in [1.29, 1.82) is 0 Å². The Morgan fingerprint density at radius 1 is 1.56 bits per heavy atom. The van der Waals surface area contributed by atoms with Crippen molar-refractivity contribution in [2.24, 2.45) is 0 Å². The van der Waals surface area contributed by atoms with Gasteiger partial charge in [0.1, 0.15) is 11.9 Å². The van der Waals surface area contributed by atoms with E-state index in [2.05, 4.69) is 10.1 Å². The van der Waals surface area contributed by atoms with Gasteiger partial charge in [-0.3, -0.25) is 0 Å². The lowest BCUT2D eigenvalue weighted by Gasteiger charge is -2.33. The largest absolute Gasteiger partial charge is 0.486 e. The molecule has 0 aromatic heterocycles. The van der Waals surface area contributed by atoms with Crippen LogP contribution in [0.4, 0.5) is 5.69 Å². The van der Waals surface area contributed by atoms with Gasteiger partial charge in [0.15, 0.2) is 0 Å². The molecular weight excluding hydrogens is 234 g/mol. The Hall–Kier alpha value is -1.75. The Balaban J connectivity index is 2.23. The van der Waals surface area contributed by atoms with Gasteiger partial charge < -0.3 is 19.9 Å². The lowest BCUT2D eigenvalue weighted by molar-refractivity contribution is 0.0600. The molecule has 0 saturated heterocycles. The molecule has 1 aliphatic rings. The van der Waals surface area contributed by atoms with Crippen LogP contribution in [0.15, 0.2) is 18.2 Å². The van der Waals surface area contributed by atoms with Gasteiger partial charge in [-0.1, -0.05) is 0 Å². The molecule has 0 saturated carbocycles. The van der Waals surface area contributed by atoms with Crippen LogP contribution in [0.3, 0.4) is 0 Å². The number of fused-ring (bicyclic) bond motifs is 1. The zero-order valence-electron chi connectivity index (χ0n) is 10.5. The summed E-state index contributed by atoms with van der Waals surface area (Å²) < 4.78 is 10.5. The zero-order chi connectivity index (χ0) is 13.1. The number of benzene rings is 1. The van der Waals surface area contributed by atoms with Crippen LogP contribution in [0.25, 0.3) is 0 Å². The summed E-state index contributed by atoms with van der Waals surface area (Å²) in [6, 6.07) is 5.20. The lowest BCUT2D eigenvalue weighted by atomic mass is 10.1. The summed E-state index contributed by atoms with van der Waals surface area (Å²) in [6.45, 7) is 2.07. The highest BCUT2D eigenvalue weighted by Gasteiger charge is 2.26. The van der Waals surface area contributed by atoms with Crippen molar-refractivity contribution < 1.29 is 19.4 Å². The number of aliphatic hydroxyl groups excluding tert-OH is 1. The number of carbonyl (C=O) groups is 1.